The third kappa shape index (κ3) is 3.68. The first-order valence-electron chi connectivity index (χ1n) is 9.60. The summed E-state index contributed by atoms with van der Waals surface area (Å²) in [6, 6.07) is 9.47. The number of carboxylic acid groups (broad SMARTS) is 1. The van der Waals surface area contributed by atoms with Gasteiger partial charge in [0.25, 0.3) is 0 Å². The number of hydrogen-bond donors (Lipinski definition) is 1. The Morgan fingerprint density at radius 1 is 1.13 bits per heavy atom. The fraction of sp³-hybridized carbons (Fsp3) is 0.286. The van der Waals surface area contributed by atoms with Gasteiger partial charge in [-0.25, -0.2) is 18.4 Å². The number of imidazole rings is 2. The van der Waals surface area contributed by atoms with Gasteiger partial charge in [-0.15, -0.1) is 0 Å². The highest BCUT2D eigenvalue weighted by Gasteiger charge is 2.26. The molecule has 4 aromatic rings. The quantitative estimate of drug-likeness (QED) is 0.487. The molecule has 0 saturated heterocycles. The lowest BCUT2D eigenvalue weighted by Crippen LogP contribution is -2.12. The number of carboxylic acids is 1. The minimum Gasteiger partial charge on any atom is -0.481 e. The Labute approximate surface area is 173 Å². The van der Waals surface area contributed by atoms with Crippen LogP contribution in [0.1, 0.15) is 35.5 Å². The molecule has 4 heterocycles. The number of aromatic nitrogens is 4. The molecule has 0 radical (unpaired) electrons. The smallest absolute Gasteiger partial charge is 0.303 e. The normalized spacial score (nSPS) is 12.1. The molecular formula is C21H22N4O4S. The van der Waals surface area contributed by atoms with Crippen molar-refractivity contribution in [3.05, 3.63) is 65.4 Å². The maximum atomic E-state index is 13.1. The van der Waals surface area contributed by atoms with Gasteiger partial charge in [-0.3, -0.25) is 4.79 Å². The van der Waals surface area contributed by atoms with Gasteiger partial charge >= 0.3 is 5.97 Å². The van der Waals surface area contributed by atoms with Crippen molar-refractivity contribution in [1.82, 2.24) is 18.8 Å². The average molecular weight is 426 g/mol. The number of aliphatic carboxylic acids is 1. The van der Waals surface area contributed by atoms with Crippen molar-refractivity contribution in [2.75, 3.05) is 5.75 Å². The van der Waals surface area contributed by atoms with Crippen molar-refractivity contribution >= 4 is 27.1 Å². The Hall–Kier alpha value is -3.20. The molecule has 4 aromatic heterocycles. The van der Waals surface area contributed by atoms with E-state index in [4.69, 9.17) is 5.11 Å². The van der Waals surface area contributed by atoms with Gasteiger partial charge < -0.3 is 13.9 Å². The number of pyridine rings is 2. The highest BCUT2D eigenvalue weighted by atomic mass is 32.2. The van der Waals surface area contributed by atoms with Gasteiger partial charge in [0.2, 0.25) is 0 Å². The minimum absolute atomic E-state index is 0.00187. The number of carbonyl (C=O) groups is 1. The molecule has 8 nitrogen and oxygen atoms in total. The monoisotopic (exact) mass is 426 g/mol. The number of fused-ring (bicyclic) bond motifs is 2. The second-order valence-electron chi connectivity index (χ2n) is 7.40. The fourth-order valence-electron chi connectivity index (χ4n) is 3.67. The van der Waals surface area contributed by atoms with E-state index in [-0.39, 0.29) is 23.6 Å². The lowest BCUT2D eigenvalue weighted by atomic mass is 10.2. The Balaban J connectivity index is 1.84. The van der Waals surface area contributed by atoms with Crippen molar-refractivity contribution < 1.29 is 18.3 Å². The summed E-state index contributed by atoms with van der Waals surface area (Å²) in [6.07, 6.45) is 3.78. The Morgan fingerprint density at radius 2 is 1.93 bits per heavy atom. The van der Waals surface area contributed by atoms with Crippen LogP contribution in [0.4, 0.5) is 0 Å². The van der Waals surface area contributed by atoms with Crippen LogP contribution in [0.5, 0.6) is 0 Å². The van der Waals surface area contributed by atoms with Gasteiger partial charge in [0.05, 0.1) is 11.4 Å². The summed E-state index contributed by atoms with van der Waals surface area (Å²) in [4.78, 5) is 19.7. The van der Waals surface area contributed by atoms with E-state index < -0.39 is 15.8 Å². The average Bonchev–Trinajstić information content (AvgIpc) is 3.25. The lowest BCUT2D eigenvalue weighted by molar-refractivity contribution is -0.137. The first kappa shape index (κ1) is 20.1. The van der Waals surface area contributed by atoms with Crippen molar-refractivity contribution in [1.29, 1.82) is 0 Å². The standard InChI is InChI=1S/C21H22N4O4S/c1-14-8-9-19-23-21(30(28,29)10-4-7-20(26)27)17(24(19)13-14)11-16-12-22-18-6-3-5-15(2)25(16)18/h3,5-6,8-9,12-13H,4,7,10-11H2,1-2H3,(H,26,27). The first-order valence-corrected chi connectivity index (χ1v) is 11.3. The van der Waals surface area contributed by atoms with Crippen LogP contribution in [0, 0.1) is 13.8 Å². The molecule has 0 atom stereocenters. The van der Waals surface area contributed by atoms with E-state index in [2.05, 4.69) is 9.97 Å². The molecule has 30 heavy (non-hydrogen) atoms. The number of aryl methyl sites for hydroxylation is 2. The van der Waals surface area contributed by atoms with Crippen LogP contribution >= 0.6 is 0 Å². The molecule has 9 heteroatoms. The zero-order valence-corrected chi connectivity index (χ0v) is 17.6. The highest BCUT2D eigenvalue weighted by molar-refractivity contribution is 7.91. The van der Waals surface area contributed by atoms with Crippen LogP contribution in [0.15, 0.2) is 47.8 Å². The van der Waals surface area contributed by atoms with Crippen LogP contribution in [-0.2, 0) is 21.1 Å². The second-order valence-corrected chi connectivity index (χ2v) is 9.43. The maximum absolute atomic E-state index is 13.1. The molecule has 0 aliphatic heterocycles. The first-order chi connectivity index (χ1) is 14.3. The summed E-state index contributed by atoms with van der Waals surface area (Å²) >= 11 is 0. The van der Waals surface area contributed by atoms with E-state index in [0.29, 0.717) is 17.8 Å². The van der Waals surface area contributed by atoms with Gasteiger partial charge in [0.15, 0.2) is 14.9 Å². The van der Waals surface area contributed by atoms with E-state index in [1.807, 2.05) is 48.7 Å². The molecule has 0 unspecified atom stereocenters. The second kappa shape index (κ2) is 7.56. The minimum atomic E-state index is -3.75. The molecule has 0 saturated carbocycles. The van der Waals surface area contributed by atoms with E-state index in [0.717, 1.165) is 22.6 Å². The molecule has 156 valence electrons. The third-order valence-corrected chi connectivity index (χ3v) is 6.82. The molecule has 0 bridgehead atoms. The molecule has 0 aliphatic rings. The zero-order chi connectivity index (χ0) is 21.5. The number of rotatable bonds is 7. The Kier molecular flexibility index (Phi) is 5.07. The Bertz CT molecular complexity index is 1370. The summed E-state index contributed by atoms with van der Waals surface area (Å²) < 4.78 is 29.9. The summed E-state index contributed by atoms with van der Waals surface area (Å²) in [6.45, 7) is 3.91. The summed E-state index contributed by atoms with van der Waals surface area (Å²) in [5.41, 5.74) is 4.71. The van der Waals surface area contributed by atoms with Crippen LogP contribution in [-0.4, -0.2) is 44.0 Å². The number of sulfone groups is 1. The van der Waals surface area contributed by atoms with E-state index in [9.17, 15) is 13.2 Å². The SMILES string of the molecule is Cc1ccc2nc(S(=O)(=O)CCCC(=O)O)c(Cc3cnc4cccc(C)n34)n2c1. The predicted octanol–water partition coefficient (Wildman–Crippen LogP) is 2.83. The third-order valence-electron chi connectivity index (χ3n) is 5.07. The molecule has 0 aromatic carbocycles. The van der Waals surface area contributed by atoms with Crippen molar-refractivity contribution in [2.24, 2.45) is 0 Å². The van der Waals surface area contributed by atoms with E-state index in [1.54, 1.807) is 16.7 Å². The summed E-state index contributed by atoms with van der Waals surface area (Å²) in [7, 11) is -3.75. The van der Waals surface area contributed by atoms with Crippen molar-refractivity contribution in [3.63, 3.8) is 0 Å². The van der Waals surface area contributed by atoms with Crippen LogP contribution in [0.25, 0.3) is 11.3 Å². The molecule has 0 amide bonds. The summed E-state index contributed by atoms with van der Waals surface area (Å²) in [5, 5.41) is 8.86. The molecule has 0 aliphatic carbocycles. The zero-order valence-electron chi connectivity index (χ0n) is 16.7. The van der Waals surface area contributed by atoms with Crippen LogP contribution in [0.3, 0.4) is 0 Å². The molecule has 0 fully saturated rings. The summed E-state index contributed by atoms with van der Waals surface area (Å²) in [5.74, 6) is -1.28. The van der Waals surface area contributed by atoms with Gasteiger partial charge in [-0.05, 0) is 44.0 Å². The largest absolute Gasteiger partial charge is 0.481 e. The lowest BCUT2D eigenvalue weighted by Gasteiger charge is -2.08. The van der Waals surface area contributed by atoms with Crippen LogP contribution in [0.2, 0.25) is 0 Å². The molecule has 0 spiro atoms. The van der Waals surface area contributed by atoms with Gasteiger partial charge in [0, 0.05) is 36.6 Å². The fourth-order valence-corrected chi connectivity index (χ4v) is 5.15. The number of hydrogen-bond acceptors (Lipinski definition) is 5. The van der Waals surface area contributed by atoms with Crippen LogP contribution < -0.4 is 0 Å². The Morgan fingerprint density at radius 3 is 2.70 bits per heavy atom. The van der Waals surface area contributed by atoms with Gasteiger partial charge in [-0.2, -0.15) is 0 Å². The highest BCUT2D eigenvalue weighted by Crippen LogP contribution is 2.24. The van der Waals surface area contributed by atoms with Gasteiger partial charge in [-0.1, -0.05) is 12.1 Å². The van der Waals surface area contributed by atoms with E-state index >= 15 is 0 Å². The predicted molar refractivity (Wildman–Crippen MR) is 112 cm³/mol. The maximum Gasteiger partial charge on any atom is 0.303 e. The van der Waals surface area contributed by atoms with Gasteiger partial charge in [0.1, 0.15) is 11.3 Å². The molecular weight excluding hydrogens is 404 g/mol. The molecule has 4 rings (SSSR count). The van der Waals surface area contributed by atoms with E-state index in [1.165, 1.54) is 0 Å². The molecule has 1 N–H and O–H groups in total. The number of nitrogens with zero attached hydrogens (tertiary/aromatic N) is 4. The van der Waals surface area contributed by atoms with Crippen molar-refractivity contribution in [2.45, 2.75) is 38.1 Å². The van der Waals surface area contributed by atoms with Crippen molar-refractivity contribution in [3.8, 4) is 0 Å². The topological polar surface area (TPSA) is 106 Å².